The van der Waals surface area contributed by atoms with Gasteiger partial charge in [-0.15, -0.1) is 0 Å². The van der Waals surface area contributed by atoms with E-state index in [1.807, 2.05) is 0 Å². The Morgan fingerprint density at radius 2 is 2.38 bits per heavy atom. The molecule has 0 aromatic carbocycles. The molecular formula is C13H25ClN2. The highest BCUT2D eigenvalue weighted by Gasteiger charge is 2.23. The summed E-state index contributed by atoms with van der Waals surface area (Å²) in [5, 5.41) is 4.16. The number of nitrogens with zero attached hydrogens (tertiary/aromatic N) is 1. The third kappa shape index (κ3) is 4.86. The quantitative estimate of drug-likeness (QED) is 0.773. The van der Waals surface area contributed by atoms with Crippen LogP contribution in [-0.2, 0) is 0 Å². The number of piperidine rings is 1. The standard InChI is InChI=1S/C13H25ClN2/c1-4-7-16-8-5-6-13(10-16)12(3)15-9-11(2)14/h12-13,15H,2,4-10H2,1,3H3. The minimum atomic E-state index is 0.537. The van der Waals surface area contributed by atoms with Crippen molar-refractivity contribution in [3.05, 3.63) is 11.6 Å². The van der Waals surface area contributed by atoms with Crippen molar-refractivity contribution in [1.82, 2.24) is 10.2 Å². The molecule has 16 heavy (non-hydrogen) atoms. The zero-order valence-electron chi connectivity index (χ0n) is 10.6. The van der Waals surface area contributed by atoms with Crippen LogP contribution in [0.1, 0.15) is 33.1 Å². The Bertz CT molecular complexity index is 216. The van der Waals surface area contributed by atoms with Gasteiger partial charge in [0, 0.05) is 24.2 Å². The first-order chi connectivity index (χ1) is 7.63. The number of likely N-dealkylation sites (tertiary alicyclic amines) is 1. The smallest absolute Gasteiger partial charge is 0.0310 e. The summed E-state index contributed by atoms with van der Waals surface area (Å²) in [6.07, 6.45) is 3.93. The molecule has 0 bridgehead atoms. The molecule has 1 fully saturated rings. The number of rotatable bonds is 6. The van der Waals surface area contributed by atoms with Crippen LogP contribution in [0.15, 0.2) is 11.6 Å². The molecule has 1 N–H and O–H groups in total. The van der Waals surface area contributed by atoms with Crippen LogP contribution in [0.5, 0.6) is 0 Å². The maximum absolute atomic E-state index is 5.77. The van der Waals surface area contributed by atoms with Gasteiger partial charge in [0.1, 0.15) is 0 Å². The largest absolute Gasteiger partial charge is 0.309 e. The van der Waals surface area contributed by atoms with Crippen LogP contribution in [0.3, 0.4) is 0 Å². The molecule has 0 amide bonds. The first kappa shape index (κ1) is 14.0. The zero-order valence-corrected chi connectivity index (χ0v) is 11.4. The normalized spacial score (nSPS) is 24.3. The van der Waals surface area contributed by atoms with E-state index in [2.05, 4.69) is 30.6 Å². The van der Waals surface area contributed by atoms with Crippen molar-refractivity contribution in [2.24, 2.45) is 5.92 Å². The van der Waals surface area contributed by atoms with Gasteiger partial charge in [-0.05, 0) is 45.2 Å². The van der Waals surface area contributed by atoms with Gasteiger partial charge in [0.25, 0.3) is 0 Å². The Labute approximate surface area is 105 Å². The number of halogens is 1. The Morgan fingerprint density at radius 3 is 3.00 bits per heavy atom. The molecule has 0 aliphatic carbocycles. The van der Waals surface area contributed by atoms with Crippen LogP contribution in [0.2, 0.25) is 0 Å². The van der Waals surface area contributed by atoms with E-state index in [1.165, 1.54) is 38.9 Å². The summed E-state index contributed by atoms with van der Waals surface area (Å²) in [6, 6.07) is 0.537. The first-order valence-corrected chi connectivity index (χ1v) is 6.80. The van der Waals surface area contributed by atoms with Gasteiger partial charge in [-0.2, -0.15) is 0 Å². The monoisotopic (exact) mass is 244 g/mol. The van der Waals surface area contributed by atoms with Crippen molar-refractivity contribution in [3.8, 4) is 0 Å². The lowest BCUT2D eigenvalue weighted by molar-refractivity contribution is 0.152. The zero-order chi connectivity index (χ0) is 12.0. The Kier molecular flexibility index (Phi) is 6.40. The molecule has 1 rings (SSSR count). The molecule has 0 spiro atoms. The third-order valence-corrected chi connectivity index (χ3v) is 3.54. The van der Waals surface area contributed by atoms with Crippen molar-refractivity contribution < 1.29 is 0 Å². The Balaban J connectivity index is 2.31. The molecule has 1 heterocycles. The van der Waals surface area contributed by atoms with Crippen LogP contribution in [0, 0.1) is 5.92 Å². The van der Waals surface area contributed by atoms with Crippen LogP contribution >= 0.6 is 11.6 Å². The highest BCUT2D eigenvalue weighted by molar-refractivity contribution is 6.29. The van der Waals surface area contributed by atoms with Crippen LogP contribution < -0.4 is 5.32 Å². The van der Waals surface area contributed by atoms with E-state index in [0.717, 1.165) is 12.5 Å². The summed E-state index contributed by atoms with van der Waals surface area (Å²) < 4.78 is 0. The van der Waals surface area contributed by atoms with E-state index in [4.69, 9.17) is 11.6 Å². The predicted molar refractivity (Wildman–Crippen MR) is 71.9 cm³/mol. The molecule has 2 unspecified atom stereocenters. The average molecular weight is 245 g/mol. The second kappa shape index (κ2) is 7.31. The highest BCUT2D eigenvalue weighted by Crippen LogP contribution is 2.20. The van der Waals surface area contributed by atoms with Crippen molar-refractivity contribution in [1.29, 1.82) is 0 Å². The minimum Gasteiger partial charge on any atom is -0.309 e. The molecule has 2 nitrogen and oxygen atoms in total. The molecule has 1 saturated heterocycles. The van der Waals surface area contributed by atoms with E-state index in [9.17, 15) is 0 Å². The summed E-state index contributed by atoms with van der Waals surface area (Å²) in [5.41, 5.74) is 0. The van der Waals surface area contributed by atoms with Crippen LogP contribution in [-0.4, -0.2) is 37.1 Å². The summed E-state index contributed by atoms with van der Waals surface area (Å²) in [4.78, 5) is 2.59. The molecule has 0 aromatic heterocycles. The van der Waals surface area contributed by atoms with Crippen LogP contribution in [0.25, 0.3) is 0 Å². The second-order valence-electron chi connectivity index (χ2n) is 4.89. The maximum Gasteiger partial charge on any atom is 0.0310 e. The number of hydrogen-bond acceptors (Lipinski definition) is 2. The molecule has 0 saturated carbocycles. The molecule has 0 aromatic rings. The fourth-order valence-electron chi connectivity index (χ4n) is 2.46. The molecule has 3 heteroatoms. The fourth-order valence-corrected chi connectivity index (χ4v) is 2.53. The first-order valence-electron chi connectivity index (χ1n) is 6.42. The van der Waals surface area contributed by atoms with Gasteiger partial charge in [-0.25, -0.2) is 0 Å². The Hall–Kier alpha value is -0.0500. The SMILES string of the molecule is C=C(Cl)CNC(C)C1CCCN(CCC)C1. The van der Waals surface area contributed by atoms with Gasteiger partial charge in [0.15, 0.2) is 0 Å². The molecule has 1 aliphatic rings. The lowest BCUT2D eigenvalue weighted by Crippen LogP contribution is -2.44. The average Bonchev–Trinajstić information content (AvgIpc) is 2.26. The van der Waals surface area contributed by atoms with Gasteiger partial charge in [0.05, 0.1) is 0 Å². The number of nitrogens with one attached hydrogen (secondary N) is 1. The molecular weight excluding hydrogens is 220 g/mol. The minimum absolute atomic E-state index is 0.537. The number of hydrogen-bond donors (Lipinski definition) is 1. The molecule has 2 atom stereocenters. The maximum atomic E-state index is 5.77. The molecule has 94 valence electrons. The van der Waals surface area contributed by atoms with Crippen molar-refractivity contribution in [3.63, 3.8) is 0 Å². The lowest BCUT2D eigenvalue weighted by atomic mass is 9.91. The lowest BCUT2D eigenvalue weighted by Gasteiger charge is -2.36. The van der Waals surface area contributed by atoms with E-state index >= 15 is 0 Å². The summed E-state index contributed by atoms with van der Waals surface area (Å²) in [6.45, 7) is 12.7. The van der Waals surface area contributed by atoms with Gasteiger partial charge >= 0.3 is 0 Å². The summed E-state index contributed by atoms with van der Waals surface area (Å²) in [5.74, 6) is 0.760. The van der Waals surface area contributed by atoms with Crippen molar-refractivity contribution in [2.75, 3.05) is 26.2 Å². The molecule has 1 aliphatic heterocycles. The topological polar surface area (TPSA) is 15.3 Å². The van der Waals surface area contributed by atoms with Gasteiger partial charge in [0.2, 0.25) is 0 Å². The fraction of sp³-hybridized carbons (Fsp3) is 0.846. The Morgan fingerprint density at radius 1 is 1.62 bits per heavy atom. The van der Waals surface area contributed by atoms with E-state index < -0.39 is 0 Å². The van der Waals surface area contributed by atoms with Crippen molar-refractivity contribution in [2.45, 2.75) is 39.2 Å². The van der Waals surface area contributed by atoms with Crippen LogP contribution in [0.4, 0.5) is 0 Å². The predicted octanol–water partition coefficient (Wildman–Crippen LogP) is 2.84. The van der Waals surface area contributed by atoms with E-state index in [-0.39, 0.29) is 0 Å². The van der Waals surface area contributed by atoms with Gasteiger partial charge in [-0.3, -0.25) is 0 Å². The van der Waals surface area contributed by atoms with Gasteiger partial charge < -0.3 is 10.2 Å². The second-order valence-corrected chi connectivity index (χ2v) is 5.42. The third-order valence-electron chi connectivity index (χ3n) is 3.40. The summed E-state index contributed by atoms with van der Waals surface area (Å²) >= 11 is 5.77. The molecule has 0 radical (unpaired) electrons. The van der Waals surface area contributed by atoms with E-state index in [0.29, 0.717) is 11.1 Å². The highest BCUT2D eigenvalue weighted by atomic mass is 35.5. The van der Waals surface area contributed by atoms with Gasteiger partial charge in [-0.1, -0.05) is 25.1 Å². The summed E-state index contributed by atoms with van der Waals surface area (Å²) in [7, 11) is 0. The van der Waals surface area contributed by atoms with Crippen molar-refractivity contribution >= 4 is 11.6 Å². The van der Waals surface area contributed by atoms with E-state index in [1.54, 1.807) is 0 Å².